The highest BCUT2D eigenvalue weighted by Crippen LogP contribution is 2.21. The van der Waals surface area contributed by atoms with Gasteiger partial charge in [0.15, 0.2) is 11.6 Å². The molecule has 0 aliphatic carbocycles. The van der Waals surface area contributed by atoms with E-state index in [0.29, 0.717) is 17.4 Å². The van der Waals surface area contributed by atoms with Crippen molar-refractivity contribution in [3.8, 4) is 6.01 Å². The molecule has 0 bridgehead atoms. The van der Waals surface area contributed by atoms with Gasteiger partial charge in [-0.05, 0) is 12.8 Å². The van der Waals surface area contributed by atoms with Crippen LogP contribution in [0.1, 0.15) is 30.9 Å². The summed E-state index contributed by atoms with van der Waals surface area (Å²) >= 11 is 6.08. The van der Waals surface area contributed by atoms with Crippen molar-refractivity contribution in [2.45, 2.75) is 38.8 Å². The first kappa shape index (κ1) is 14.1. The van der Waals surface area contributed by atoms with Gasteiger partial charge in [0.05, 0.1) is 19.9 Å². The van der Waals surface area contributed by atoms with Crippen molar-refractivity contribution >= 4 is 17.4 Å². The third-order valence-electron chi connectivity index (χ3n) is 3.50. The molecule has 1 aliphatic heterocycles. The predicted molar refractivity (Wildman–Crippen MR) is 78.5 cm³/mol. The van der Waals surface area contributed by atoms with Gasteiger partial charge in [0.25, 0.3) is 0 Å². The first-order valence-electron chi connectivity index (χ1n) is 6.99. The van der Waals surface area contributed by atoms with Crippen molar-refractivity contribution in [3.63, 3.8) is 0 Å². The molecule has 0 aromatic carbocycles. The molecule has 1 aliphatic rings. The highest BCUT2D eigenvalue weighted by molar-refractivity contribution is 6.32. The van der Waals surface area contributed by atoms with Crippen LogP contribution in [-0.2, 0) is 19.5 Å². The number of rotatable bonds is 4. The molecule has 0 saturated heterocycles. The molecule has 0 amide bonds. The van der Waals surface area contributed by atoms with Gasteiger partial charge in [0.2, 0.25) is 0 Å². The molecular weight excluding hydrogens is 292 g/mol. The van der Waals surface area contributed by atoms with Crippen LogP contribution in [0.3, 0.4) is 0 Å². The van der Waals surface area contributed by atoms with Crippen LogP contribution >= 0.6 is 11.6 Å². The lowest BCUT2D eigenvalue weighted by Gasteiger charge is -2.10. The minimum Gasteiger partial charge on any atom is -0.467 e. The molecule has 112 valence electrons. The van der Waals surface area contributed by atoms with E-state index in [4.69, 9.17) is 16.3 Å². The maximum atomic E-state index is 6.08. The maximum absolute atomic E-state index is 6.08. The minimum atomic E-state index is 0.280. The number of methoxy groups -OCH3 is 1. The van der Waals surface area contributed by atoms with Gasteiger partial charge in [-0.1, -0.05) is 18.0 Å². The maximum Gasteiger partial charge on any atom is 0.318 e. The Morgan fingerprint density at radius 1 is 1.33 bits per heavy atom. The Morgan fingerprint density at radius 2 is 2.24 bits per heavy atom. The number of nitrogens with one attached hydrogen (secondary N) is 1. The molecule has 0 fully saturated rings. The number of anilines is 1. The number of nitrogens with zero attached hydrogens (tertiary/aromatic N) is 5. The average molecular weight is 309 g/mol. The lowest BCUT2D eigenvalue weighted by atomic mass is 10.2. The van der Waals surface area contributed by atoms with Crippen LogP contribution in [0.5, 0.6) is 6.01 Å². The molecule has 3 heterocycles. The summed E-state index contributed by atoms with van der Waals surface area (Å²) in [6.45, 7) is 1.49. The van der Waals surface area contributed by atoms with Gasteiger partial charge in [-0.2, -0.15) is 4.98 Å². The fourth-order valence-electron chi connectivity index (χ4n) is 2.41. The summed E-state index contributed by atoms with van der Waals surface area (Å²) in [5.41, 5.74) is 0. The molecule has 8 heteroatoms. The van der Waals surface area contributed by atoms with E-state index in [1.54, 1.807) is 0 Å². The number of hydrogen-bond acceptors (Lipinski definition) is 6. The molecule has 21 heavy (non-hydrogen) atoms. The summed E-state index contributed by atoms with van der Waals surface area (Å²) in [6.07, 6.45) is 6.10. The molecule has 0 spiro atoms. The van der Waals surface area contributed by atoms with Crippen molar-refractivity contribution in [2.75, 3.05) is 12.4 Å². The zero-order chi connectivity index (χ0) is 14.7. The van der Waals surface area contributed by atoms with E-state index in [9.17, 15) is 0 Å². The second-order valence-corrected chi connectivity index (χ2v) is 5.31. The van der Waals surface area contributed by atoms with Gasteiger partial charge in [-0.15, -0.1) is 10.2 Å². The highest BCUT2D eigenvalue weighted by Gasteiger charge is 2.15. The fraction of sp³-hybridized carbons (Fsp3) is 0.538. The number of aryl methyl sites for hydroxylation is 1. The third-order valence-corrected chi connectivity index (χ3v) is 3.78. The first-order valence-corrected chi connectivity index (χ1v) is 7.37. The number of ether oxygens (including phenoxy) is 1. The van der Waals surface area contributed by atoms with Gasteiger partial charge in [-0.25, -0.2) is 4.98 Å². The molecule has 7 nitrogen and oxygen atoms in total. The van der Waals surface area contributed by atoms with E-state index in [-0.39, 0.29) is 6.01 Å². The van der Waals surface area contributed by atoms with E-state index in [1.807, 2.05) is 0 Å². The molecule has 1 N–H and O–H groups in total. The van der Waals surface area contributed by atoms with E-state index in [2.05, 4.69) is 30.0 Å². The van der Waals surface area contributed by atoms with Gasteiger partial charge < -0.3 is 14.6 Å². The lowest BCUT2D eigenvalue weighted by Crippen LogP contribution is -2.11. The van der Waals surface area contributed by atoms with Gasteiger partial charge in [0.1, 0.15) is 10.8 Å². The zero-order valence-corrected chi connectivity index (χ0v) is 12.6. The Bertz CT molecular complexity index is 629. The van der Waals surface area contributed by atoms with Crippen molar-refractivity contribution in [2.24, 2.45) is 0 Å². The molecular formula is C13H17ClN6O. The van der Waals surface area contributed by atoms with Crippen LogP contribution in [-0.4, -0.2) is 31.8 Å². The quantitative estimate of drug-likeness (QED) is 0.931. The summed E-state index contributed by atoms with van der Waals surface area (Å²) in [7, 11) is 1.52. The Labute approximate surface area is 127 Å². The second kappa shape index (κ2) is 6.26. The predicted octanol–water partition coefficient (Wildman–Crippen LogP) is 2.07. The Hall–Kier alpha value is -1.89. The Balaban J connectivity index is 1.75. The third kappa shape index (κ3) is 3.07. The van der Waals surface area contributed by atoms with Crippen molar-refractivity contribution < 1.29 is 4.74 Å². The summed E-state index contributed by atoms with van der Waals surface area (Å²) in [5.74, 6) is 2.51. The van der Waals surface area contributed by atoms with Crippen LogP contribution in [0, 0.1) is 0 Å². The zero-order valence-electron chi connectivity index (χ0n) is 11.8. The van der Waals surface area contributed by atoms with E-state index in [0.717, 1.165) is 24.6 Å². The largest absolute Gasteiger partial charge is 0.467 e. The van der Waals surface area contributed by atoms with E-state index in [1.165, 1.54) is 32.6 Å². The molecule has 0 unspecified atom stereocenters. The molecule has 0 atom stereocenters. The number of aromatic nitrogens is 5. The summed E-state index contributed by atoms with van der Waals surface area (Å²) in [6, 6.07) is 0.280. The second-order valence-electron chi connectivity index (χ2n) is 4.90. The SMILES string of the molecule is COc1ncc(Cl)c(NCc2nnc3n2CCCCC3)n1. The van der Waals surface area contributed by atoms with Crippen molar-refractivity contribution in [1.82, 2.24) is 24.7 Å². The summed E-state index contributed by atoms with van der Waals surface area (Å²) in [5, 5.41) is 12.2. The van der Waals surface area contributed by atoms with Crippen LogP contribution in [0.4, 0.5) is 5.82 Å². The minimum absolute atomic E-state index is 0.280. The van der Waals surface area contributed by atoms with Gasteiger partial charge in [-0.3, -0.25) is 0 Å². The molecule has 3 rings (SSSR count). The number of fused-ring (bicyclic) bond motifs is 1. The van der Waals surface area contributed by atoms with E-state index >= 15 is 0 Å². The topological polar surface area (TPSA) is 77.8 Å². The molecule has 0 radical (unpaired) electrons. The molecule has 2 aromatic heterocycles. The first-order chi connectivity index (χ1) is 10.3. The molecule has 2 aromatic rings. The summed E-state index contributed by atoms with van der Waals surface area (Å²) < 4.78 is 7.19. The Kier molecular flexibility index (Phi) is 4.19. The van der Waals surface area contributed by atoms with Crippen LogP contribution in [0.25, 0.3) is 0 Å². The van der Waals surface area contributed by atoms with Crippen LogP contribution < -0.4 is 10.1 Å². The monoisotopic (exact) mass is 308 g/mol. The van der Waals surface area contributed by atoms with Gasteiger partial charge >= 0.3 is 6.01 Å². The van der Waals surface area contributed by atoms with Crippen LogP contribution in [0.15, 0.2) is 6.20 Å². The number of halogens is 1. The van der Waals surface area contributed by atoms with Crippen molar-refractivity contribution in [3.05, 3.63) is 22.9 Å². The van der Waals surface area contributed by atoms with Crippen molar-refractivity contribution in [1.29, 1.82) is 0 Å². The average Bonchev–Trinajstić information content (AvgIpc) is 2.73. The van der Waals surface area contributed by atoms with E-state index < -0.39 is 0 Å². The molecule has 0 saturated carbocycles. The lowest BCUT2D eigenvalue weighted by molar-refractivity contribution is 0.380. The summed E-state index contributed by atoms with van der Waals surface area (Å²) in [4.78, 5) is 8.13. The smallest absolute Gasteiger partial charge is 0.318 e. The Morgan fingerprint density at radius 3 is 3.10 bits per heavy atom. The number of hydrogen-bond donors (Lipinski definition) is 1. The fourth-order valence-corrected chi connectivity index (χ4v) is 2.57. The highest BCUT2D eigenvalue weighted by atomic mass is 35.5. The van der Waals surface area contributed by atoms with Gasteiger partial charge in [0, 0.05) is 13.0 Å². The normalized spacial score (nSPS) is 14.4. The standard InChI is InChI=1S/C13H17ClN6O/c1-21-13-16-7-9(14)12(17-13)15-8-11-19-18-10-5-3-2-4-6-20(10)11/h7H,2-6,8H2,1H3,(H,15,16,17). The van der Waals surface area contributed by atoms with Crippen LogP contribution in [0.2, 0.25) is 5.02 Å².